The van der Waals surface area contributed by atoms with Crippen LogP contribution >= 0.6 is 11.3 Å². The quantitative estimate of drug-likeness (QED) is 0.846. The Labute approximate surface area is 111 Å². The minimum absolute atomic E-state index is 0.0890. The Morgan fingerprint density at radius 3 is 2.61 bits per heavy atom. The number of aromatic nitrogens is 1. The molecule has 2 rings (SSSR count). The van der Waals surface area contributed by atoms with Gasteiger partial charge in [-0.1, -0.05) is 18.2 Å². The van der Waals surface area contributed by atoms with Gasteiger partial charge < -0.3 is 4.90 Å². The van der Waals surface area contributed by atoms with E-state index in [0.717, 1.165) is 10.7 Å². The molecular formula is C14H16N2OS. The van der Waals surface area contributed by atoms with Crippen LogP contribution in [-0.4, -0.2) is 16.9 Å². The summed E-state index contributed by atoms with van der Waals surface area (Å²) in [6, 6.07) is 9.90. The van der Waals surface area contributed by atoms with Crippen molar-refractivity contribution in [1.29, 1.82) is 0 Å². The summed E-state index contributed by atoms with van der Waals surface area (Å²) in [6.07, 6.45) is 2.10. The van der Waals surface area contributed by atoms with Crippen molar-refractivity contribution in [3.05, 3.63) is 46.9 Å². The fourth-order valence-corrected chi connectivity index (χ4v) is 2.48. The van der Waals surface area contributed by atoms with Crippen molar-refractivity contribution in [3.63, 3.8) is 0 Å². The van der Waals surface area contributed by atoms with Crippen molar-refractivity contribution >= 4 is 22.9 Å². The number of anilines is 1. The number of nitrogens with zero attached hydrogens (tertiary/aromatic N) is 2. The number of amides is 1. The number of carbonyl (C=O) groups excluding carboxylic acids is 1. The Hall–Kier alpha value is -1.68. The Morgan fingerprint density at radius 2 is 2.06 bits per heavy atom. The second-order valence-corrected chi connectivity index (χ2v) is 5.27. The highest BCUT2D eigenvalue weighted by Crippen LogP contribution is 2.18. The maximum Gasteiger partial charge on any atom is 0.234 e. The second kappa shape index (κ2) is 5.78. The van der Waals surface area contributed by atoms with E-state index in [1.165, 1.54) is 11.3 Å². The van der Waals surface area contributed by atoms with Gasteiger partial charge in [-0.2, -0.15) is 0 Å². The monoisotopic (exact) mass is 260 g/mol. The summed E-state index contributed by atoms with van der Waals surface area (Å²) in [7, 11) is 0. The van der Waals surface area contributed by atoms with Crippen LogP contribution in [0.1, 0.15) is 18.9 Å². The molecule has 1 heterocycles. The largest absolute Gasteiger partial charge is 0.310 e. The molecule has 0 radical (unpaired) electrons. The molecule has 0 aliphatic heterocycles. The van der Waals surface area contributed by atoms with Gasteiger partial charge in [-0.3, -0.25) is 4.79 Å². The molecule has 0 spiro atoms. The van der Waals surface area contributed by atoms with Gasteiger partial charge in [-0.15, -0.1) is 11.3 Å². The van der Waals surface area contributed by atoms with Crippen molar-refractivity contribution in [2.75, 3.05) is 4.90 Å². The lowest BCUT2D eigenvalue weighted by molar-refractivity contribution is -0.118. The van der Waals surface area contributed by atoms with E-state index in [1.807, 2.05) is 54.5 Å². The normalized spacial score (nSPS) is 10.6. The van der Waals surface area contributed by atoms with Crippen LogP contribution in [0.4, 0.5) is 5.69 Å². The summed E-state index contributed by atoms with van der Waals surface area (Å²) in [5.41, 5.74) is 0.939. The predicted molar refractivity (Wildman–Crippen MR) is 74.9 cm³/mol. The SMILES string of the molecule is CC(C)N(C(=O)Cc1nccs1)c1ccccc1. The summed E-state index contributed by atoms with van der Waals surface area (Å²) < 4.78 is 0. The topological polar surface area (TPSA) is 33.2 Å². The van der Waals surface area contributed by atoms with Crippen LogP contribution < -0.4 is 4.90 Å². The number of hydrogen-bond donors (Lipinski definition) is 0. The number of benzene rings is 1. The summed E-state index contributed by atoms with van der Waals surface area (Å²) in [5.74, 6) is 0.0890. The van der Waals surface area contributed by atoms with E-state index >= 15 is 0 Å². The predicted octanol–water partition coefficient (Wildman–Crippen LogP) is 3.13. The molecule has 3 nitrogen and oxygen atoms in total. The molecule has 0 fully saturated rings. The first-order chi connectivity index (χ1) is 8.68. The minimum atomic E-state index is 0.0890. The number of thiazole rings is 1. The van der Waals surface area contributed by atoms with Gasteiger partial charge in [0.15, 0.2) is 0 Å². The van der Waals surface area contributed by atoms with Crippen LogP contribution in [-0.2, 0) is 11.2 Å². The van der Waals surface area contributed by atoms with Gasteiger partial charge in [-0.25, -0.2) is 4.98 Å². The number of carbonyl (C=O) groups is 1. The molecule has 4 heteroatoms. The lowest BCUT2D eigenvalue weighted by Gasteiger charge is -2.26. The van der Waals surface area contributed by atoms with Crippen molar-refractivity contribution in [1.82, 2.24) is 4.98 Å². The Kier molecular flexibility index (Phi) is 4.10. The molecule has 0 unspecified atom stereocenters. The van der Waals surface area contributed by atoms with Gasteiger partial charge in [0, 0.05) is 23.3 Å². The first kappa shape index (κ1) is 12.8. The van der Waals surface area contributed by atoms with Gasteiger partial charge in [0.25, 0.3) is 0 Å². The molecular weight excluding hydrogens is 244 g/mol. The van der Waals surface area contributed by atoms with E-state index in [4.69, 9.17) is 0 Å². The van der Waals surface area contributed by atoms with E-state index < -0.39 is 0 Å². The molecule has 1 amide bonds. The first-order valence-corrected chi connectivity index (χ1v) is 6.82. The van der Waals surface area contributed by atoms with Crippen LogP contribution in [0.5, 0.6) is 0 Å². The molecule has 1 aromatic heterocycles. The summed E-state index contributed by atoms with van der Waals surface area (Å²) in [6.45, 7) is 4.04. The summed E-state index contributed by atoms with van der Waals surface area (Å²) >= 11 is 1.52. The van der Waals surface area contributed by atoms with Crippen LogP contribution in [0.15, 0.2) is 41.9 Å². The average molecular weight is 260 g/mol. The van der Waals surface area contributed by atoms with Crippen LogP contribution in [0.3, 0.4) is 0 Å². The third kappa shape index (κ3) is 2.96. The number of hydrogen-bond acceptors (Lipinski definition) is 3. The molecule has 2 aromatic rings. The lowest BCUT2D eigenvalue weighted by atomic mass is 10.2. The third-order valence-electron chi connectivity index (χ3n) is 2.61. The van der Waals surface area contributed by atoms with Gasteiger partial charge in [-0.05, 0) is 26.0 Å². The molecule has 0 aliphatic rings. The molecule has 18 heavy (non-hydrogen) atoms. The Balaban J connectivity index is 2.18. The maximum absolute atomic E-state index is 12.3. The Morgan fingerprint density at radius 1 is 1.33 bits per heavy atom. The van der Waals surface area contributed by atoms with Crippen molar-refractivity contribution in [2.45, 2.75) is 26.3 Å². The number of rotatable bonds is 4. The molecule has 0 atom stereocenters. The third-order valence-corrected chi connectivity index (χ3v) is 3.38. The average Bonchev–Trinajstić information content (AvgIpc) is 2.83. The minimum Gasteiger partial charge on any atom is -0.310 e. The molecule has 0 saturated carbocycles. The van der Waals surface area contributed by atoms with E-state index in [2.05, 4.69) is 4.98 Å². The second-order valence-electron chi connectivity index (χ2n) is 4.30. The van der Waals surface area contributed by atoms with Crippen molar-refractivity contribution in [3.8, 4) is 0 Å². The smallest absolute Gasteiger partial charge is 0.234 e. The van der Waals surface area contributed by atoms with Crippen LogP contribution in [0.25, 0.3) is 0 Å². The summed E-state index contributed by atoms with van der Waals surface area (Å²) in [5, 5.41) is 2.76. The van der Waals surface area contributed by atoms with E-state index in [1.54, 1.807) is 6.20 Å². The van der Waals surface area contributed by atoms with E-state index in [9.17, 15) is 4.79 Å². The van der Waals surface area contributed by atoms with Crippen molar-refractivity contribution in [2.24, 2.45) is 0 Å². The molecule has 0 saturated heterocycles. The van der Waals surface area contributed by atoms with Gasteiger partial charge >= 0.3 is 0 Å². The fourth-order valence-electron chi connectivity index (χ4n) is 1.87. The Bertz CT molecular complexity index is 494. The zero-order chi connectivity index (χ0) is 13.0. The van der Waals surface area contributed by atoms with E-state index in [0.29, 0.717) is 6.42 Å². The fraction of sp³-hybridized carbons (Fsp3) is 0.286. The van der Waals surface area contributed by atoms with Crippen molar-refractivity contribution < 1.29 is 4.79 Å². The first-order valence-electron chi connectivity index (χ1n) is 5.94. The zero-order valence-electron chi connectivity index (χ0n) is 10.5. The molecule has 0 aliphatic carbocycles. The lowest BCUT2D eigenvalue weighted by Crippen LogP contribution is -2.38. The molecule has 1 aromatic carbocycles. The van der Waals surface area contributed by atoms with Crippen LogP contribution in [0, 0.1) is 0 Å². The van der Waals surface area contributed by atoms with Gasteiger partial charge in [0.05, 0.1) is 6.42 Å². The highest BCUT2D eigenvalue weighted by Gasteiger charge is 2.19. The van der Waals surface area contributed by atoms with E-state index in [-0.39, 0.29) is 11.9 Å². The molecule has 0 bridgehead atoms. The zero-order valence-corrected chi connectivity index (χ0v) is 11.4. The highest BCUT2D eigenvalue weighted by atomic mass is 32.1. The van der Waals surface area contributed by atoms with Gasteiger partial charge in [0.2, 0.25) is 5.91 Å². The maximum atomic E-state index is 12.3. The highest BCUT2D eigenvalue weighted by molar-refractivity contribution is 7.09. The van der Waals surface area contributed by atoms with Gasteiger partial charge in [0.1, 0.15) is 5.01 Å². The molecule has 0 N–H and O–H groups in total. The van der Waals surface area contributed by atoms with Crippen LogP contribution in [0.2, 0.25) is 0 Å². The standard InChI is InChI=1S/C14H16N2OS/c1-11(2)16(12-6-4-3-5-7-12)14(17)10-13-15-8-9-18-13/h3-9,11H,10H2,1-2H3. The number of para-hydroxylation sites is 1. The summed E-state index contributed by atoms with van der Waals surface area (Å²) in [4.78, 5) is 18.3. The molecule has 94 valence electrons.